The first-order valence-electron chi connectivity index (χ1n) is 8.69. The standard InChI is InChI=1S/C15H31N5O2S.HI/c1-16-15(17-5-9-19-7-3-2-4-8-19)18-6-10-20-11-13-23(21,22)14-12-20;/h2-14H2,1H3,(H2,16,17,18);1H. The minimum Gasteiger partial charge on any atom is -0.355 e. The van der Waals surface area contributed by atoms with Gasteiger partial charge in [-0.25, -0.2) is 8.42 Å². The molecule has 0 spiro atoms. The third kappa shape index (κ3) is 8.30. The van der Waals surface area contributed by atoms with Gasteiger partial charge in [-0.05, 0) is 25.9 Å². The molecule has 0 saturated carbocycles. The molecule has 0 radical (unpaired) electrons. The first kappa shape index (κ1) is 21.9. The van der Waals surface area contributed by atoms with Crippen molar-refractivity contribution in [2.75, 3.05) is 70.9 Å². The third-order valence-corrected chi connectivity index (χ3v) is 6.16. The van der Waals surface area contributed by atoms with Crippen molar-refractivity contribution in [3.63, 3.8) is 0 Å². The number of hydrogen-bond acceptors (Lipinski definition) is 5. The highest BCUT2D eigenvalue weighted by Crippen LogP contribution is 2.07. The van der Waals surface area contributed by atoms with Crippen molar-refractivity contribution in [3.8, 4) is 0 Å². The van der Waals surface area contributed by atoms with Crippen molar-refractivity contribution in [1.82, 2.24) is 20.4 Å². The second-order valence-corrected chi connectivity index (χ2v) is 8.63. The number of guanidine groups is 1. The average molecular weight is 473 g/mol. The lowest BCUT2D eigenvalue weighted by Gasteiger charge is -2.27. The lowest BCUT2D eigenvalue weighted by atomic mass is 10.1. The van der Waals surface area contributed by atoms with Crippen molar-refractivity contribution in [3.05, 3.63) is 0 Å². The number of sulfone groups is 1. The second-order valence-electron chi connectivity index (χ2n) is 6.32. The zero-order valence-corrected chi connectivity index (χ0v) is 17.8. The van der Waals surface area contributed by atoms with Crippen LogP contribution in [0.1, 0.15) is 19.3 Å². The number of aliphatic imine (C=N–C) groups is 1. The molecule has 9 heteroatoms. The molecule has 142 valence electrons. The van der Waals surface area contributed by atoms with E-state index in [0.29, 0.717) is 13.1 Å². The molecule has 2 fully saturated rings. The van der Waals surface area contributed by atoms with Gasteiger partial charge in [-0.1, -0.05) is 6.42 Å². The third-order valence-electron chi connectivity index (χ3n) is 4.55. The molecule has 0 aliphatic carbocycles. The molecule has 0 aromatic carbocycles. The molecule has 2 aliphatic heterocycles. The van der Waals surface area contributed by atoms with Crippen molar-refractivity contribution in [2.24, 2.45) is 4.99 Å². The van der Waals surface area contributed by atoms with Crippen LogP contribution < -0.4 is 10.6 Å². The first-order chi connectivity index (χ1) is 11.1. The Bertz CT molecular complexity index is 466. The van der Waals surface area contributed by atoms with E-state index in [4.69, 9.17) is 0 Å². The Labute approximate surface area is 163 Å². The normalized spacial score (nSPS) is 22.6. The lowest BCUT2D eigenvalue weighted by Crippen LogP contribution is -2.47. The predicted molar refractivity (Wildman–Crippen MR) is 110 cm³/mol. The molecule has 2 saturated heterocycles. The van der Waals surface area contributed by atoms with Crippen LogP contribution in [0.3, 0.4) is 0 Å². The molecule has 0 aromatic heterocycles. The van der Waals surface area contributed by atoms with E-state index in [-0.39, 0.29) is 35.5 Å². The van der Waals surface area contributed by atoms with Crippen molar-refractivity contribution >= 4 is 39.8 Å². The van der Waals surface area contributed by atoms with Crippen LogP contribution in [0.4, 0.5) is 0 Å². The Kier molecular flexibility index (Phi) is 10.5. The number of hydrogen-bond donors (Lipinski definition) is 2. The number of likely N-dealkylation sites (tertiary alicyclic amines) is 1. The highest BCUT2D eigenvalue weighted by molar-refractivity contribution is 14.0. The average Bonchev–Trinajstić information content (AvgIpc) is 2.56. The molecule has 0 bridgehead atoms. The van der Waals surface area contributed by atoms with E-state index in [1.807, 2.05) is 0 Å². The van der Waals surface area contributed by atoms with Gasteiger partial charge < -0.3 is 15.5 Å². The summed E-state index contributed by atoms with van der Waals surface area (Å²) in [6.45, 7) is 7.31. The van der Waals surface area contributed by atoms with Crippen LogP contribution in [0.15, 0.2) is 4.99 Å². The lowest BCUT2D eigenvalue weighted by molar-refractivity contribution is 0.232. The molecule has 0 atom stereocenters. The SMILES string of the molecule is CN=C(NCCN1CCCCC1)NCCN1CCS(=O)(=O)CC1.I. The van der Waals surface area contributed by atoms with Gasteiger partial charge in [0.1, 0.15) is 0 Å². The Hall–Kier alpha value is -0.130. The predicted octanol–water partition coefficient (Wildman–Crippen LogP) is -0.0143. The first-order valence-corrected chi connectivity index (χ1v) is 10.5. The van der Waals surface area contributed by atoms with Gasteiger partial charge in [0, 0.05) is 46.3 Å². The van der Waals surface area contributed by atoms with Crippen LogP contribution in [0, 0.1) is 0 Å². The van der Waals surface area contributed by atoms with E-state index in [9.17, 15) is 8.42 Å². The summed E-state index contributed by atoms with van der Waals surface area (Å²) in [4.78, 5) is 8.93. The largest absolute Gasteiger partial charge is 0.355 e. The van der Waals surface area contributed by atoms with Gasteiger partial charge in [-0.15, -0.1) is 24.0 Å². The highest BCUT2D eigenvalue weighted by atomic mass is 127. The Balaban J connectivity index is 0.00000288. The monoisotopic (exact) mass is 473 g/mol. The fourth-order valence-electron chi connectivity index (χ4n) is 3.04. The summed E-state index contributed by atoms with van der Waals surface area (Å²) in [5.74, 6) is 1.40. The van der Waals surface area contributed by atoms with Crippen molar-refractivity contribution in [2.45, 2.75) is 19.3 Å². The molecule has 24 heavy (non-hydrogen) atoms. The summed E-state index contributed by atoms with van der Waals surface area (Å²) in [7, 11) is -1.01. The summed E-state index contributed by atoms with van der Waals surface area (Å²) in [5, 5.41) is 6.65. The van der Waals surface area contributed by atoms with Gasteiger partial charge in [-0.2, -0.15) is 0 Å². The zero-order chi connectivity index (χ0) is 16.5. The van der Waals surface area contributed by atoms with Crippen molar-refractivity contribution < 1.29 is 8.42 Å². The fourth-order valence-corrected chi connectivity index (χ4v) is 4.32. The van der Waals surface area contributed by atoms with Crippen molar-refractivity contribution in [1.29, 1.82) is 0 Å². The summed E-state index contributed by atoms with van der Waals surface area (Å²) in [6.07, 6.45) is 4.00. The summed E-state index contributed by atoms with van der Waals surface area (Å²) in [6, 6.07) is 0. The number of piperidine rings is 1. The molecule has 2 heterocycles. The molecule has 0 amide bonds. The number of nitrogens with zero attached hydrogens (tertiary/aromatic N) is 3. The van der Waals surface area contributed by atoms with E-state index in [1.165, 1.54) is 32.4 Å². The summed E-state index contributed by atoms with van der Waals surface area (Å²) < 4.78 is 22.8. The molecule has 2 aliphatic rings. The minimum atomic E-state index is -2.79. The molecular formula is C15H32IN5O2S. The highest BCUT2D eigenvalue weighted by Gasteiger charge is 2.20. The second kappa shape index (κ2) is 11.5. The fraction of sp³-hybridized carbons (Fsp3) is 0.933. The topological polar surface area (TPSA) is 77.0 Å². The quantitative estimate of drug-likeness (QED) is 0.321. The van der Waals surface area contributed by atoms with Crippen LogP contribution >= 0.6 is 24.0 Å². The van der Waals surface area contributed by atoms with Crippen LogP contribution in [0.25, 0.3) is 0 Å². The minimum absolute atomic E-state index is 0. The maximum absolute atomic E-state index is 11.4. The molecule has 0 aromatic rings. The number of halogens is 1. The van der Waals surface area contributed by atoms with Gasteiger partial charge >= 0.3 is 0 Å². The van der Waals surface area contributed by atoms with Crippen LogP contribution in [-0.4, -0.2) is 95.1 Å². The van der Waals surface area contributed by atoms with E-state index in [2.05, 4.69) is 25.4 Å². The summed E-state index contributed by atoms with van der Waals surface area (Å²) in [5.41, 5.74) is 0. The van der Waals surface area contributed by atoms with Crippen LogP contribution in [0.5, 0.6) is 0 Å². The van der Waals surface area contributed by atoms with Crippen LogP contribution in [-0.2, 0) is 9.84 Å². The Morgan fingerprint density at radius 2 is 1.42 bits per heavy atom. The summed E-state index contributed by atoms with van der Waals surface area (Å²) >= 11 is 0. The van der Waals surface area contributed by atoms with E-state index in [0.717, 1.165) is 32.1 Å². The van der Waals surface area contributed by atoms with Gasteiger partial charge in [0.15, 0.2) is 15.8 Å². The maximum Gasteiger partial charge on any atom is 0.191 e. The molecule has 2 rings (SSSR count). The van der Waals surface area contributed by atoms with Gasteiger partial charge in [0.2, 0.25) is 0 Å². The molecule has 2 N–H and O–H groups in total. The zero-order valence-electron chi connectivity index (χ0n) is 14.7. The van der Waals surface area contributed by atoms with Crippen LogP contribution in [0.2, 0.25) is 0 Å². The van der Waals surface area contributed by atoms with Gasteiger partial charge in [0.25, 0.3) is 0 Å². The molecule has 7 nitrogen and oxygen atoms in total. The van der Waals surface area contributed by atoms with E-state index >= 15 is 0 Å². The number of nitrogens with one attached hydrogen (secondary N) is 2. The maximum atomic E-state index is 11.4. The molecular weight excluding hydrogens is 441 g/mol. The smallest absolute Gasteiger partial charge is 0.191 e. The van der Waals surface area contributed by atoms with Gasteiger partial charge in [0.05, 0.1) is 11.5 Å². The van der Waals surface area contributed by atoms with Gasteiger partial charge in [-0.3, -0.25) is 9.89 Å². The van der Waals surface area contributed by atoms with E-state index < -0.39 is 9.84 Å². The molecule has 0 unspecified atom stereocenters. The Morgan fingerprint density at radius 1 is 0.917 bits per heavy atom. The number of rotatable bonds is 6. The van der Waals surface area contributed by atoms with E-state index in [1.54, 1.807) is 7.05 Å². The Morgan fingerprint density at radius 3 is 1.92 bits per heavy atom.